The number of rotatable bonds is 2. The minimum absolute atomic E-state index is 0.0461. The molecule has 3 aromatic rings. The molecular formula is C15H9BrFNO3. The Morgan fingerprint density at radius 1 is 1.33 bits per heavy atom. The highest BCUT2D eigenvalue weighted by Gasteiger charge is 2.16. The van der Waals surface area contributed by atoms with Crippen molar-refractivity contribution in [2.75, 3.05) is 0 Å². The van der Waals surface area contributed by atoms with E-state index in [9.17, 15) is 14.3 Å². The number of carboxylic acids is 1. The van der Waals surface area contributed by atoms with Crippen LogP contribution in [0, 0.1) is 12.7 Å². The lowest BCUT2D eigenvalue weighted by Gasteiger charge is -2.06. The van der Waals surface area contributed by atoms with E-state index in [0.29, 0.717) is 22.6 Å². The van der Waals surface area contributed by atoms with Gasteiger partial charge in [0.1, 0.15) is 17.3 Å². The van der Waals surface area contributed by atoms with Gasteiger partial charge in [0.05, 0.1) is 15.6 Å². The smallest absolute Gasteiger partial charge is 0.336 e. The first-order valence-electron chi connectivity index (χ1n) is 6.05. The number of carboxylic acid groups (broad SMARTS) is 1. The van der Waals surface area contributed by atoms with E-state index in [1.54, 1.807) is 19.1 Å². The van der Waals surface area contributed by atoms with Crippen LogP contribution in [0.5, 0.6) is 0 Å². The summed E-state index contributed by atoms with van der Waals surface area (Å²) in [5.74, 6) is -0.476. The van der Waals surface area contributed by atoms with Gasteiger partial charge in [0.25, 0.3) is 0 Å². The van der Waals surface area contributed by atoms with E-state index in [1.807, 2.05) is 0 Å². The Labute approximate surface area is 127 Å². The van der Waals surface area contributed by atoms with E-state index in [2.05, 4.69) is 20.9 Å². The van der Waals surface area contributed by atoms with Gasteiger partial charge in [-0.05, 0) is 47.1 Å². The number of aryl methyl sites for hydroxylation is 1. The van der Waals surface area contributed by atoms with Gasteiger partial charge in [0.15, 0.2) is 5.76 Å². The van der Waals surface area contributed by atoms with E-state index in [-0.39, 0.29) is 15.6 Å². The number of hydrogen-bond acceptors (Lipinski definition) is 3. The third kappa shape index (κ3) is 2.42. The topological polar surface area (TPSA) is 63.3 Å². The maximum Gasteiger partial charge on any atom is 0.336 e. The van der Waals surface area contributed by atoms with Crippen molar-refractivity contribution in [3.05, 3.63) is 51.9 Å². The van der Waals surface area contributed by atoms with Crippen LogP contribution >= 0.6 is 15.9 Å². The number of halogens is 2. The normalized spacial score (nSPS) is 11.0. The minimum Gasteiger partial charge on any atom is -0.478 e. The lowest BCUT2D eigenvalue weighted by molar-refractivity contribution is 0.0699. The molecule has 0 bridgehead atoms. The van der Waals surface area contributed by atoms with Crippen LogP contribution in [0.4, 0.5) is 4.39 Å². The zero-order chi connectivity index (χ0) is 15.1. The molecule has 0 saturated heterocycles. The summed E-state index contributed by atoms with van der Waals surface area (Å²) in [4.78, 5) is 15.7. The van der Waals surface area contributed by atoms with Gasteiger partial charge in [-0.25, -0.2) is 14.2 Å². The van der Waals surface area contributed by atoms with Crippen LogP contribution in [0.2, 0.25) is 0 Å². The summed E-state index contributed by atoms with van der Waals surface area (Å²) in [6, 6.07) is 7.49. The molecule has 1 aromatic carbocycles. The predicted octanol–water partition coefficient (Wildman–Crippen LogP) is 4.40. The summed E-state index contributed by atoms with van der Waals surface area (Å²) in [5.41, 5.74) is 0.666. The Morgan fingerprint density at radius 3 is 2.71 bits per heavy atom. The highest BCUT2D eigenvalue weighted by molar-refractivity contribution is 9.10. The average Bonchev–Trinajstić information content (AvgIpc) is 2.85. The molecule has 0 unspecified atom stereocenters. The van der Waals surface area contributed by atoms with Crippen LogP contribution in [0.1, 0.15) is 16.1 Å². The lowest BCUT2D eigenvalue weighted by Crippen LogP contribution is -2.00. The standard InChI is InChI=1S/C15H9BrFNO3/c1-7-2-3-14(21-7)13-5-9(15(19)20)8-4-10(16)11(17)6-12(8)18-13/h2-6H,1H3,(H,19,20). The molecule has 0 atom stereocenters. The van der Waals surface area contributed by atoms with Crippen molar-refractivity contribution in [2.45, 2.75) is 6.92 Å². The van der Waals surface area contributed by atoms with E-state index in [0.717, 1.165) is 0 Å². The SMILES string of the molecule is Cc1ccc(-c2cc(C(=O)O)c3cc(Br)c(F)cc3n2)o1. The molecule has 6 heteroatoms. The lowest BCUT2D eigenvalue weighted by atomic mass is 10.1. The quantitative estimate of drug-likeness (QED) is 0.744. The molecular weight excluding hydrogens is 341 g/mol. The van der Waals surface area contributed by atoms with E-state index < -0.39 is 11.8 Å². The first-order valence-corrected chi connectivity index (χ1v) is 6.85. The number of benzene rings is 1. The van der Waals surface area contributed by atoms with Crippen LogP contribution in [0.15, 0.2) is 39.2 Å². The Morgan fingerprint density at radius 2 is 2.10 bits per heavy atom. The summed E-state index contributed by atoms with van der Waals surface area (Å²) in [5, 5.41) is 9.72. The van der Waals surface area contributed by atoms with Crippen molar-refractivity contribution in [3.8, 4) is 11.5 Å². The number of fused-ring (bicyclic) bond motifs is 1. The first-order chi connectivity index (χ1) is 9.95. The molecule has 2 heterocycles. The van der Waals surface area contributed by atoms with E-state index in [1.165, 1.54) is 18.2 Å². The highest BCUT2D eigenvalue weighted by Crippen LogP contribution is 2.29. The molecule has 0 amide bonds. The molecule has 0 aliphatic heterocycles. The number of pyridine rings is 1. The van der Waals surface area contributed by atoms with Crippen molar-refractivity contribution in [2.24, 2.45) is 0 Å². The number of carbonyl (C=O) groups is 1. The first kappa shape index (κ1) is 13.8. The Kier molecular flexibility index (Phi) is 3.25. The molecule has 0 aliphatic carbocycles. The Hall–Kier alpha value is -2.21. The molecule has 2 aromatic heterocycles. The van der Waals surface area contributed by atoms with Gasteiger partial charge in [0.2, 0.25) is 0 Å². The van der Waals surface area contributed by atoms with Crippen molar-refractivity contribution in [3.63, 3.8) is 0 Å². The molecule has 1 N–H and O–H groups in total. The summed E-state index contributed by atoms with van der Waals surface area (Å²) >= 11 is 3.05. The van der Waals surface area contributed by atoms with Crippen LogP contribution in [0.3, 0.4) is 0 Å². The number of aromatic carboxylic acids is 1. The zero-order valence-corrected chi connectivity index (χ0v) is 12.4. The van der Waals surface area contributed by atoms with Crippen molar-refractivity contribution < 1.29 is 18.7 Å². The molecule has 0 saturated carbocycles. The molecule has 0 aliphatic rings. The van der Waals surface area contributed by atoms with Crippen molar-refractivity contribution in [1.82, 2.24) is 4.98 Å². The van der Waals surface area contributed by atoms with Gasteiger partial charge >= 0.3 is 5.97 Å². The van der Waals surface area contributed by atoms with Crippen LogP contribution in [-0.4, -0.2) is 16.1 Å². The molecule has 0 spiro atoms. The van der Waals surface area contributed by atoms with Gasteiger partial charge in [-0.15, -0.1) is 0 Å². The molecule has 4 nitrogen and oxygen atoms in total. The number of nitrogens with zero attached hydrogens (tertiary/aromatic N) is 1. The molecule has 0 radical (unpaired) electrons. The third-order valence-corrected chi connectivity index (χ3v) is 3.68. The maximum absolute atomic E-state index is 13.7. The van der Waals surface area contributed by atoms with Gasteiger partial charge in [-0.3, -0.25) is 0 Å². The molecule has 3 rings (SSSR count). The Bertz CT molecular complexity index is 873. The fourth-order valence-corrected chi connectivity index (χ4v) is 2.44. The van der Waals surface area contributed by atoms with Gasteiger partial charge in [-0.2, -0.15) is 0 Å². The second-order valence-corrected chi connectivity index (χ2v) is 5.41. The molecule has 106 valence electrons. The molecule has 0 fully saturated rings. The minimum atomic E-state index is -1.11. The summed E-state index contributed by atoms with van der Waals surface area (Å²) in [7, 11) is 0. The summed E-state index contributed by atoms with van der Waals surface area (Å²) in [6.45, 7) is 1.78. The van der Waals surface area contributed by atoms with Crippen molar-refractivity contribution in [1.29, 1.82) is 0 Å². The van der Waals surface area contributed by atoms with E-state index >= 15 is 0 Å². The van der Waals surface area contributed by atoms with Crippen LogP contribution in [-0.2, 0) is 0 Å². The predicted molar refractivity (Wildman–Crippen MR) is 78.8 cm³/mol. The fraction of sp³-hybridized carbons (Fsp3) is 0.0667. The monoisotopic (exact) mass is 349 g/mol. The summed E-state index contributed by atoms with van der Waals surface area (Å²) < 4.78 is 19.3. The van der Waals surface area contributed by atoms with Crippen molar-refractivity contribution >= 4 is 32.8 Å². The molecule has 21 heavy (non-hydrogen) atoms. The van der Waals surface area contributed by atoms with Crippen LogP contribution < -0.4 is 0 Å². The van der Waals surface area contributed by atoms with E-state index in [4.69, 9.17) is 4.42 Å². The third-order valence-electron chi connectivity index (χ3n) is 3.07. The number of aromatic nitrogens is 1. The maximum atomic E-state index is 13.7. The zero-order valence-electron chi connectivity index (χ0n) is 10.9. The summed E-state index contributed by atoms with van der Waals surface area (Å²) in [6.07, 6.45) is 0. The van der Waals surface area contributed by atoms with Crippen LogP contribution in [0.25, 0.3) is 22.4 Å². The fourth-order valence-electron chi connectivity index (χ4n) is 2.10. The van der Waals surface area contributed by atoms with Gasteiger partial charge < -0.3 is 9.52 Å². The second-order valence-electron chi connectivity index (χ2n) is 4.55. The van der Waals surface area contributed by atoms with Gasteiger partial charge in [-0.1, -0.05) is 0 Å². The van der Waals surface area contributed by atoms with Gasteiger partial charge in [0, 0.05) is 11.5 Å². The Balaban J connectivity index is 2.34. The number of furan rings is 1. The largest absolute Gasteiger partial charge is 0.478 e. The second kappa shape index (κ2) is 4.96. The highest BCUT2D eigenvalue weighted by atomic mass is 79.9. The number of hydrogen-bond donors (Lipinski definition) is 1. The average molecular weight is 350 g/mol.